The zero-order chi connectivity index (χ0) is 15.6. The van der Waals surface area contributed by atoms with Crippen LogP contribution in [0.15, 0.2) is 70.9 Å². The predicted molar refractivity (Wildman–Crippen MR) is 91.7 cm³/mol. The predicted octanol–water partition coefficient (Wildman–Crippen LogP) is 4.52. The minimum absolute atomic E-state index is 0.263. The van der Waals surface area contributed by atoms with E-state index in [0.29, 0.717) is 5.69 Å². The van der Waals surface area contributed by atoms with E-state index in [2.05, 4.69) is 4.72 Å². The Morgan fingerprint density at radius 2 is 1.64 bits per heavy atom. The molecule has 0 aliphatic heterocycles. The first kappa shape index (κ1) is 14.8. The normalized spacial score (nSPS) is 11.3. The van der Waals surface area contributed by atoms with Crippen LogP contribution in [0.3, 0.4) is 0 Å². The first-order valence-electron chi connectivity index (χ1n) is 6.79. The van der Waals surface area contributed by atoms with Gasteiger partial charge in [-0.05, 0) is 36.6 Å². The van der Waals surface area contributed by atoms with Crippen LogP contribution in [0.5, 0.6) is 0 Å². The highest BCUT2D eigenvalue weighted by Gasteiger charge is 2.16. The number of hydrogen-bond acceptors (Lipinski definition) is 3. The molecule has 0 amide bonds. The number of anilines is 1. The highest BCUT2D eigenvalue weighted by molar-refractivity contribution is 7.92. The lowest BCUT2D eigenvalue weighted by Crippen LogP contribution is -2.13. The summed E-state index contributed by atoms with van der Waals surface area (Å²) in [7, 11) is -3.59. The molecular formula is C17H15NO2S2. The lowest BCUT2D eigenvalue weighted by atomic mass is 10.1. The molecule has 0 saturated heterocycles. The van der Waals surface area contributed by atoms with Crippen molar-refractivity contribution in [3.05, 3.63) is 71.6 Å². The molecule has 0 unspecified atom stereocenters. The molecule has 2 aromatic carbocycles. The van der Waals surface area contributed by atoms with Gasteiger partial charge in [0.15, 0.2) is 0 Å². The number of nitrogens with one attached hydrogen (secondary N) is 1. The smallest absolute Gasteiger partial charge is 0.261 e. The Labute approximate surface area is 134 Å². The number of sulfonamides is 1. The molecule has 22 heavy (non-hydrogen) atoms. The summed E-state index contributed by atoms with van der Waals surface area (Å²) in [6, 6.07) is 18.2. The Balaban J connectivity index is 1.98. The SMILES string of the molecule is Cc1ccc(S(=O)(=O)Nc2ccccc2-c2cccs2)cc1. The minimum Gasteiger partial charge on any atom is -0.279 e. The van der Waals surface area contributed by atoms with E-state index in [1.165, 1.54) is 0 Å². The molecule has 0 atom stereocenters. The van der Waals surface area contributed by atoms with Crippen LogP contribution >= 0.6 is 11.3 Å². The third-order valence-corrected chi connectivity index (χ3v) is 5.57. The van der Waals surface area contributed by atoms with E-state index < -0.39 is 10.0 Å². The van der Waals surface area contributed by atoms with Crippen LogP contribution in [-0.4, -0.2) is 8.42 Å². The third kappa shape index (κ3) is 3.05. The summed E-state index contributed by atoms with van der Waals surface area (Å²) in [5.41, 5.74) is 2.50. The zero-order valence-electron chi connectivity index (χ0n) is 12.0. The fraction of sp³-hybridized carbons (Fsp3) is 0.0588. The number of aryl methyl sites for hydroxylation is 1. The summed E-state index contributed by atoms with van der Waals surface area (Å²) in [4.78, 5) is 1.29. The van der Waals surface area contributed by atoms with Gasteiger partial charge in [-0.25, -0.2) is 8.42 Å². The van der Waals surface area contributed by atoms with Gasteiger partial charge in [0.2, 0.25) is 0 Å². The monoisotopic (exact) mass is 329 g/mol. The number of benzene rings is 2. The van der Waals surface area contributed by atoms with Gasteiger partial charge >= 0.3 is 0 Å². The average Bonchev–Trinajstić information content (AvgIpc) is 3.02. The van der Waals surface area contributed by atoms with Crippen LogP contribution < -0.4 is 4.72 Å². The van der Waals surface area contributed by atoms with Crippen molar-refractivity contribution in [3.8, 4) is 10.4 Å². The van der Waals surface area contributed by atoms with E-state index in [0.717, 1.165) is 16.0 Å². The molecule has 0 spiro atoms. The molecule has 5 heteroatoms. The summed E-state index contributed by atoms with van der Waals surface area (Å²) < 4.78 is 27.7. The third-order valence-electron chi connectivity index (χ3n) is 3.29. The van der Waals surface area contributed by atoms with Crippen LogP contribution in [0.1, 0.15) is 5.56 Å². The molecule has 1 heterocycles. The van der Waals surface area contributed by atoms with Gasteiger partial charge in [0.25, 0.3) is 10.0 Å². The van der Waals surface area contributed by atoms with Gasteiger partial charge in [0.05, 0.1) is 10.6 Å². The van der Waals surface area contributed by atoms with Crippen molar-refractivity contribution in [1.29, 1.82) is 0 Å². The van der Waals surface area contributed by atoms with Crippen molar-refractivity contribution in [2.75, 3.05) is 4.72 Å². The maximum absolute atomic E-state index is 12.5. The second-order valence-corrected chi connectivity index (χ2v) is 7.57. The van der Waals surface area contributed by atoms with Gasteiger partial charge in [0.1, 0.15) is 0 Å². The van der Waals surface area contributed by atoms with E-state index in [1.54, 1.807) is 41.7 Å². The van der Waals surface area contributed by atoms with Crippen molar-refractivity contribution in [2.45, 2.75) is 11.8 Å². The Morgan fingerprint density at radius 3 is 2.32 bits per heavy atom. The first-order chi connectivity index (χ1) is 10.6. The average molecular weight is 329 g/mol. The van der Waals surface area contributed by atoms with Gasteiger partial charge in [0, 0.05) is 10.4 Å². The second-order valence-electron chi connectivity index (χ2n) is 4.94. The van der Waals surface area contributed by atoms with Crippen molar-refractivity contribution in [2.24, 2.45) is 0 Å². The minimum atomic E-state index is -3.59. The molecule has 0 aliphatic carbocycles. The Hall–Kier alpha value is -2.11. The molecule has 3 rings (SSSR count). The number of para-hydroxylation sites is 1. The van der Waals surface area contributed by atoms with E-state index in [4.69, 9.17) is 0 Å². The largest absolute Gasteiger partial charge is 0.279 e. The van der Waals surface area contributed by atoms with E-state index in [-0.39, 0.29) is 4.90 Å². The second kappa shape index (κ2) is 5.94. The molecule has 3 nitrogen and oxygen atoms in total. The summed E-state index contributed by atoms with van der Waals surface area (Å²) in [5, 5.41) is 1.97. The van der Waals surface area contributed by atoms with Gasteiger partial charge in [-0.15, -0.1) is 11.3 Å². The van der Waals surface area contributed by atoms with Crippen LogP contribution in [0.4, 0.5) is 5.69 Å². The topological polar surface area (TPSA) is 46.2 Å². The molecule has 1 N–H and O–H groups in total. The highest BCUT2D eigenvalue weighted by atomic mass is 32.2. The number of thiophene rings is 1. The Morgan fingerprint density at radius 1 is 0.909 bits per heavy atom. The van der Waals surface area contributed by atoms with Gasteiger partial charge in [-0.2, -0.15) is 0 Å². The standard InChI is InChI=1S/C17H15NO2S2/c1-13-8-10-14(11-9-13)22(19,20)18-16-6-3-2-5-15(16)17-7-4-12-21-17/h2-12,18H,1H3. The van der Waals surface area contributed by atoms with E-state index in [1.807, 2.05) is 42.6 Å². The summed E-state index contributed by atoms with van der Waals surface area (Å²) >= 11 is 1.58. The van der Waals surface area contributed by atoms with Crippen molar-refractivity contribution in [3.63, 3.8) is 0 Å². The quantitative estimate of drug-likeness (QED) is 0.764. The molecular weight excluding hydrogens is 314 g/mol. The Kier molecular flexibility index (Phi) is 4.00. The first-order valence-corrected chi connectivity index (χ1v) is 9.15. The Bertz CT molecular complexity index is 867. The fourth-order valence-corrected chi connectivity index (χ4v) is 3.99. The van der Waals surface area contributed by atoms with E-state index in [9.17, 15) is 8.42 Å². The highest BCUT2D eigenvalue weighted by Crippen LogP contribution is 2.32. The van der Waals surface area contributed by atoms with Crippen LogP contribution in [0.25, 0.3) is 10.4 Å². The molecule has 0 aliphatic rings. The maximum Gasteiger partial charge on any atom is 0.261 e. The summed E-state index contributed by atoms with van der Waals surface area (Å²) in [6.07, 6.45) is 0. The summed E-state index contributed by atoms with van der Waals surface area (Å²) in [5.74, 6) is 0. The van der Waals surface area contributed by atoms with Crippen LogP contribution in [-0.2, 0) is 10.0 Å². The molecule has 3 aromatic rings. The van der Waals surface area contributed by atoms with Gasteiger partial charge in [-0.1, -0.05) is 42.0 Å². The number of hydrogen-bond donors (Lipinski definition) is 1. The van der Waals surface area contributed by atoms with E-state index >= 15 is 0 Å². The summed E-state index contributed by atoms with van der Waals surface area (Å²) in [6.45, 7) is 1.93. The van der Waals surface area contributed by atoms with Crippen molar-refractivity contribution in [1.82, 2.24) is 0 Å². The fourth-order valence-electron chi connectivity index (χ4n) is 2.14. The molecule has 112 valence electrons. The lowest BCUT2D eigenvalue weighted by Gasteiger charge is -2.12. The molecule has 0 saturated carbocycles. The molecule has 1 aromatic heterocycles. The zero-order valence-corrected chi connectivity index (χ0v) is 13.6. The van der Waals surface area contributed by atoms with Crippen molar-refractivity contribution >= 4 is 27.0 Å². The van der Waals surface area contributed by atoms with Gasteiger partial charge < -0.3 is 0 Å². The van der Waals surface area contributed by atoms with Crippen LogP contribution in [0.2, 0.25) is 0 Å². The molecule has 0 radical (unpaired) electrons. The maximum atomic E-state index is 12.5. The van der Waals surface area contributed by atoms with Crippen LogP contribution in [0, 0.1) is 6.92 Å². The lowest BCUT2D eigenvalue weighted by molar-refractivity contribution is 0.601. The molecule has 0 fully saturated rings. The number of rotatable bonds is 4. The molecule has 0 bridgehead atoms. The van der Waals surface area contributed by atoms with Crippen molar-refractivity contribution < 1.29 is 8.42 Å². The van der Waals surface area contributed by atoms with Gasteiger partial charge in [-0.3, -0.25) is 4.72 Å².